The molecule has 1 aromatic carbocycles. The topological polar surface area (TPSA) is 121 Å². The number of rotatable bonds is 6. The van der Waals surface area contributed by atoms with Crippen LogP contribution in [0.15, 0.2) is 47.3 Å². The van der Waals surface area contributed by atoms with E-state index in [-0.39, 0.29) is 12.6 Å². The van der Waals surface area contributed by atoms with Crippen LogP contribution in [0.1, 0.15) is 17.9 Å². The van der Waals surface area contributed by atoms with Crippen molar-refractivity contribution in [3.8, 4) is 22.5 Å². The second-order valence-electron chi connectivity index (χ2n) is 6.53. The number of nitrogens with zero attached hydrogens (tertiary/aromatic N) is 5. The molecule has 0 unspecified atom stereocenters. The van der Waals surface area contributed by atoms with Gasteiger partial charge >= 0.3 is 12.4 Å². The molecule has 0 aliphatic carbocycles. The molecule has 0 amide bonds. The molecule has 0 aliphatic rings. The van der Waals surface area contributed by atoms with Crippen LogP contribution in [0.3, 0.4) is 0 Å². The van der Waals surface area contributed by atoms with Crippen LogP contribution in [0.2, 0.25) is 0 Å². The third-order valence-corrected chi connectivity index (χ3v) is 4.58. The fraction of sp³-hybridized carbons (Fsp3) is 0.105. The van der Waals surface area contributed by atoms with Crippen LogP contribution in [0.5, 0.6) is 0 Å². The van der Waals surface area contributed by atoms with Crippen LogP contribution in [-0.2, 0) is 6.54 Å². The number of benzene rings is 1. The van der Waals surface area contributed by atoms with Gasteiger partial charge in [0.15, 0.2) is 5.65 Å². The molecule has 0 spiro atoms. The lowest BCUT2D eigenvalue weighted by Gasteiger charge is -2.07. The maximum Gasteiger partial charge on any atom is 0.315 e. The fourth-order valence-electron chi connectivity index (χ4n) is 3.08. The van der Waals surface area contributed by atoms with Gasteiger partial charge in [-0.2, -0.15) is 13.9 Å². The van der Waals surface area contributed by atoms with Crippen LogP contribution in [-0.4, -0.2) is 35.3 Å². The van der Waals surface area contributed by atoms with E-state index in [1.807, 2.05) is 0 Å². The standard InChI is InChI=1S/C19H13F3N8O/c20-13-5-9(1-2-10(13)6-24-19-30-29-18(31-19)15(21)22)12-3-4-23-17-14(12)27-16(28-17)11-7-25-26-8-11/h1-5,7-8,15H,6H2,(H,24,30)(H,25,26)(H,23,27,28). The highest BCUT2D eigenvalue weighted by atomic mass is 19.3. The van der Waals surface area contributed by atoms with E-state index in [2.05, 4.69) is 40.7 Å². The largest absolute Gasteiger partial charge is 0.402 e. The Hall–Kier alpha value is -4.22. The van der Waals surface area contributed by atoms with E-state index in [4.69, 9.17) is 4.42 Å². The summed E-state index contributed by atoms with van der Waals surface area (Å²) in [6.07, 6.45) is 2.07. The zero-order valence-corrected chi connectivity index (χ0v) is 15.6. The summed E-state index contributed by atoms with van der Waals surface area (Å²) in [5, 5.41) is 15.9. The number of imidazole rings is 1. The average molecular weight is 426 g/mol. The maximum atomic E-state index is 14.7. The maximum absolute atomic E-state index is 14.7. The SMILES string of the molecule is Fc1cc(-c2ccnc3[nH]c(-c4cn[nH]c4)nc23)ccc1CNc1nnc(C(F)F)o1. The van der Waals surface area contributed by atoms with Crippen molar-refractivity contribution in [3.05, 3.63) is 60.1 Å². The first-order chi connectivity index (χ1) is 15.1. The van der Waals surface area contributed by atoms with Crippen molar-refractivity contribution in [2.75, 3.05) is 5.32 Å². The quantitative estimate of drug-likeness (QED) is 0.374. The molecule has 0 bridgehead atoms. The van der Waals surface area contributed by atoms with E-state index in [1.54, 1.807) is 36.8 Å². The van der Waals surface area contributed by atoms with Gasteiger partial charge in [0.25, 0.3) is 5.89 Å². The number of aromatic nitrogens is 7. The van der Waals surface area contributed by atoms with E-state index < -0.39 is 18.1 Å². The molecular weight excluding hydrogens is 413 g/mol. The second-order valence-corrected chi connectivity index (χ2v) is 6.53. The van der Waals surface area contributed by atoms with Gasteiger partial charge in [-0.05, 0) is 17.7 Å². The molecule has 0 aliphatic heterocycles. The highest BCUT2D eigenvalue weighted by molar-refractivity contribution is 5.91. The Morgan fingerprint density at radius 3 is 2.77 bits per heavy atom. The Morgan fingerprint density at radius 1 is 1.13 bits per heavy atom. The molecule has 0 saturated carbocycles. The van der Waals surface area contributed by atoms with Gasteiger partial charge in [0.2, 0.25) is 0 Å². The number of alkyl halides is 2. The Kier molecular flexibility index (Phi) is 4.58. The Labute approximate surface area is 171 Å². The van der Waals surface area contributed by atoms with Crippen molar-refractivity contribution in [2.45, 2.75) is 13.0 Å². The monoisotopic (exact) mass is 426 g/mol. The zero-order chi connectivity index (χ0) is 21.4. The molecule has 12 heteroatoms. The van der Waals surface area contributed by atoms with Crippen LogP contribution in [0, 0.1) is 5.82 Å². The molecule has 0 radical (unpaired) electrons. The third kappa shape index (κ3) is 3.58. The van der Waals surface area contributed by atoms with E-state index >= 15 is 0 Å². The van der Waals surface area contributed by atoms with Crippen LogP contribution < -0.4 is 5.32 Å². The first kappa shape index (κ1) is 18.8. The number of pyridine rings is 1. The molecule has 0 fully saturated rings. The molecule has 31 heavy (non-hydrogen) atoms. The van der Waals surface area contributed by atoms with E-state index in [0.29, 0.717) is 33.7 Å². The van der Waals surface area contributed by atoms with Gasteiger partial charge in [-0.3, -0.25) is 5.10 Å². The number of hydrogen-bond donors (Lipinski definition) is 3. The Balaban J connectivity index is 1.41. The fourth-order valence-corrected chi connectivity index (χ4v) is 3.08. The summed E-state index contributed by atoms with van der Waals surface area (Å²) in [5.41, 5.74) is 3.53. The number of nitrogens with one attached hydrogen (secondary N) is 3. The molecule has 5 aromatic rings. The number of aromatic amines is 2. The van der Waals surface area contributed by atoms with Crippen LogP contribution in [0.25, 0.3) is 33.7 Å². The number of hydrogen-bond acceptors (Lipinski definition) is 7. The summed E-state index contributed by atoms with van der Waals surface area (Å²) in [7, 11) is 0. The Morgan fingerprint density at radius 2 is 2.03 bits per heavy atom. The molecule has 5 rings (SSSR count). The van der Waals surface area contributed by atoms with Crippen LogP contribution in [0.4, 0.5) is 19.2 Å². The first-order valence-corrected chi connectivity index (χ1v) is 9.06. The van der Waals surface area contributed by atoms with Gasteiger partial charge in [-0.1, -0.05) is 17.2 Å². The summed E-state index contributed by atoms with van der Waals surface area (Å²) in [6, 6.07) is 6.23. The molecule has 3 N–H and O–H groups in total. The minimum absolute atomic E-state index is 0.0181. The summed E-state index contributed by atoms with van der Waals surface area (Å²) in [5.74, 6) is -0.698. The lowest BCUT2D eigenvalue weighted by molar-refractivity contribution is 0.116. The number of fused-ring (bicyclic) bond motifs is 1. The second kappa shape index (κ2) is 7.55. The van der Waals surface area contributed by atoms with Gasteiger partial charge in [0, 0.05) is 30.1 Å². The minimum atomic E-state index is -2.87. The predicted octanol–water partition coefficient (Wildman–Crippen LogP) is 4.09. The van der Waals surface area contributed by atoms with Crippen molar-refractivity contribution >= 4 is 17.2 Å². The highest BCUT2D eigenvalue weighted by Gasteiger charge is 2.17. The lowest BCUT2D eigenvalue weighted by atomic mass is 10.0. The highest BCUT2D eigenvalue weighted by Crippen LogP contribution is 2.29. The van der Waals surface area contributed by atoms with Crippen molar-refractivity contribution in [1.82, 2.24) is 35.3 Å². The van der Waals surface area contributed by atoms with Gasteiger partial charge < -0.3 is 14.7 Å². The normalized spacial score (nSPS) is 11.5. The summed E-state index contributed by atoms with van der Waals surface area (Å²) < 4.78 is 44.5. The van der Waals surface area contributed by atoms with E-state index in [9.17, 15) is 13.2 Å². The van der Waals surface area contributed by atoms with Gasteiger partial charge in [0.1, 0.15) is 17.2 Å². The van der Waals surface area contributed by atoms with Gasteiger partial charge in [-0.15, -0.1) is 5.10 Å². The third-order valence-electron chi connectivity index (χ3n) is 4.58. The predicted molar refractivity (Wildman–Crippen MR) is 103 cm³/mol. The molecule has 4 aromatic heterocycles. The Bertz CT molecular complexity index is 1350. The first-order valence-electron chi connectivity index (χ1n) is 9.06. The van der Waals surface area contributed by atoms with E-state index in [1.165, 1.54) is 6.07 Å². The zero-order valence-electron chi connectivity index (χ0n) is 15.6. The molecule has 9 nitrogen and oxygen atoms in total. The number of halogens is 3. The lowest BCUT2D eigenvalue weighted by Crippen LogP contribution is -2.02. The molecule has 0 atom stereocenters. The summed E-state index contributed by atoms with van der Waals surface area (Å²) in [4.78, 5) is 12.0. The molecule has 0 saturated heterocycles. The smallest absolute Gasteiger partial charge is 0.315 e. The van der Waals surface area contributed by atoms with Crippen molar-refractivity contribution in [3.63, 3.8) is 0 Å². The number of H-pyrrole nitrogens is 2. The van der Waals surface area contributed by atoms with Crippen LogP contribution >= 0.6 is 0 Å². The van der Waals surface area contributed by atoms with Crippen molar-refractivity contribution < 1.29 is 17.6 Å². The van der Waals surface area contributed by atoms with Crippen molar-refractivity contribution in [2.24, 2.45) is 0 Å². The van der Waals surface area contributed by atoms with E-state index in [0.717, 1.165) is 5.56 Å². The average Bonchev–Trinajstić information content (AvgIpc) is 3.52. The molecule has 156 valence electrons. The summed E-state index contributed by atoms with van der Waals surface area (Å²) >= 11 is 0. The molecule has 4 heterocycles. The summed E-state index contributed by atoms with van der Waals surface area (Å²) in [6.45, 7) is -0.0181. The number of anilines is 1. The van der Waals surface area contributed by atoms with Gasteiger partial charge in [-0.25, -0.2) is 14.4 Å². The molecular formula is C19H13F3N8O. The van der Waals surface area contributed by atoms with Gasteiger partial charge in [0.05, 0.1) is 11.8 Å². The minimum Gasteiger partial charge on any atom is -0.402 e. The van der Waals surface area contributed by atoms with Crippen molar-refractivity contribution in [1.29, 1.82) is 0 Å².